The van der Waals surface area contributed by atoms with Crippen molar-refractivity contribution >= 4 is 19.1 Å². The van der Waals surface area contributed by atoms with Crippen LogP contribution in [0.4, 0.5) is 0 Å². The second kappa shape index (κ2) is 10.8. The summed E-state index contributed by atoms with van der Waals surface area (Å²) < 4.78 is 12.4. The Kier molecular flexibility index (Phi) is 8.29. The van der Waals surface area contributed by atoms with Crippen LogP contribution in [-0.4, -0.2) is 32.7 Å². The van der Waals surface area contributed by atoms with Gasteiger partial charge in [0.25, 0.3) is 0 Å². The second-order valence-corrected chi connectivity index (χ2v) is 15.1. The van der Waals surface area contributed by atoms with E-state index in [1.165, 1.54) is 16.3 Å². The fraction of sp³-hybridized carbons (Fsp3) is 0.429. The van der Waals surface area contributed by atoms with Crippen LogP contribution in [0.1, 0.15) is 31.9 Å². The predicted octanol–water partition coefficient (Wildman–Crippen LogP) is 6.60. The Morgan fingerprint density at radius 1 is 0.844 bits per heavy atom. The molecule has 3 aromatic rings. The summed E-state index contributed by atoms with van der Waals surface area (Å²) in [6.45, 7) is 12.5. The number of benzene rings is 3. The van der Waals surface area contributed by atoms with Crippen molar-refractivity contribution in [3.8, 4) is 0 Å². The van der Waals surface area contributed by atoms with Crippen LogP contribution < -0.4 is 0 Å². The van der Waals surface area contributed by atoms with E-state index < -0.39 is 14.4 Å². The van der Waals surface area contributed by atoms with E-state index in [0.717, 1.165) is 12.0 Å². The minimum atomic E-state index is -1.93. The van der Waals surface area contributed by atoms with Crippen LogP contribution in [0.5, 0.6) is 0 Å². The predicted molar refractivity (Wildman–Crippen MR) is 136 cm³/mol. The highest BCUT2D eigenvalue weighted by Gasteiger charge is 2.38. The Hall–Kier alpha value is -1.98. The fourth-order valence-electron chi connectivity index (χ4n) is 3.61. The first-order valence-electron chi connectivity index (χ1n) is 11.6. The van der Waals surface area contributed by atoms with E-state index in [9.17, 15) is 5.11 Å². The van der Waals surface area contributed by atoms with Crippen LogP contribution in [-0.2, 0) is 22.2 Å². The number of hydrogen-bond donors (Lipinski definition) is 1. The molecule has 3 rings (SSSR count). The van der Waals surface area contributed by atoms with Gasteiger partial charge < -0.3 is 14.3 Å². The average Bonchev–Trinajstić information content (AvgIpc) is 2.77. The zero-order chi connectivity index (χ0) is 23.2. The molecule has 0 aliphatic rings. The van der Waals surface area contributed by atoms with Crippen molar-refractivity contribution in [1.29, 1.82) is 0 Å². The highest BCUT2D eigenvalue weighted by Crippen LogP contribution is 2.37. The van der Waals surface area contributed by atoms with Crippen LogP contribution >= 0.6 is 0 Å². The van der Waals surface area contributed by atoms with Crippen LogP contribution in [0, 0.1) is 5.92 Å². The third-order valence-corrected chi connectivity index (χ3v) is 11.3. The highest BCUT2D eigenvalue weighted by atomic mass is 28.4. The van der Waals surface area contributed by atoms with Gasteiger partial charge in [0.2, 0.25) is 0 Å². The maximum atomic E-state index is 11.2. The molecule has 0 aromatic heterocycles. The molecule has 0 aliphatic heterocycles. The Labute approximate surface area is 194 Å². The molecule has 0 radical (unpaired) electrons. The minimum absolute atomic E-state index is 0.0470. The molecular weight excluding hydrogens is 412 g/mol. The Morgan fingerprint density at radius 2 is 1.50 bits per heavy atom. The van der Waals surface area contributed by atoms with Crippen molar-refractivity contribution in [2.24, 2.45) is 5.92 Å². The summed E-state index contributed by atoms with van der Waals surface area (Å²) in [6.07, 6.45) is 0.164. The lowest BCUT2D eigenvalue weighted by molar-refractivity contribution is -0.00246. The maximum absolute atomic E-state index is 11.2. The summed E-state index contributed by atoms with van der Waals surface area (Å²) in [5, 5.41) is 13.8. The molecule has 0 aliphatic carbocycles. The molecule has 1 N–H and O–H groups in total. The molecule has 3 aromatic carbocycles. The van der Waals surface area contributed by atoms with Crippen molar-refractivity contribution in [3.05, 3.63) is 83.9 Å². The van der Waals surface area contributed by atoms with Crippen molar-refractivity contribution in [2.45, 2.75) is 58.0 Å². The largest absolute Gasteiger partial charge is 0.414 e. The van der Waals surface area contributed by atoms with Gasteiger partial charge in [0.1, 0.15) is 0 Å². The number of aliphatic hydroxyl groups excluding tert-OH is 1. The topological polar surface area (TPSA) is 38.7 Å². The van der Waals surface area contributed by atoms with Gasteiger partial charge >= 0.3 is 0 Å². The molecule has 172 valence electrons. The standard InChI is InChI=1S/C28H38O3Si/c1-28(2,3)32(4,5)31-21-27(29)25(20-30-19-22-12-7-6-8-13-22)18-24-16-11-15-23-14-9-10-17-26(23)24/h6-17,25,27,29H,18-21H2,1-5H3/t25-,27+/m1/s1. The van der Waals surface area contributed by atoms with Gasteiger partial charge in [-0.05, 0) is 46.5 Å². The lowest BCUT2D eigenvalue weighted by atomic mass is 9.92. The number of hydrogen-bond acceptors (Lipinski definition) is 3. The second-order valence-electron chi connectivity index (χ2n) is 10.2. The van der Waals surface area contributed by atoms with E-state index in [1.807, 2.05) is 18.2 Å². The molecule has 3 nitrogen and oxygen atoms in total. The monoisotopic (exact) mass is 450 g/mol. The molecule has 0 unspecified atom stereocenters. The van der Waals surface area contributed by atoms with E-state index >= 15 is 0 Å². The fourth-order valence-corrected chi connectivity index (χ4v) is 4.63. The zero-order valence-corrected chi connectivity index (χ0v) is 21.2. The molecule has 0 saturated heterocycles. The van der Waals surface area contributed by atoms with Crippen molar-refractivity contribution in [3.63, 3.8) is 0 Å². The normalized spacial score (nSPS) is 14.4. The zero-order valence-electron chi connectivity index (χ0n) is 20.2. The first-order chi connectivity index (χ1) is 15.2. The van der Waals surface area contributed by atoms with Gasteiger partial charge in [-0.15, -0.1) is 0 Å². The van der Waals surface area contributed by atoms with Crippen LogP contribution in [0.15, 0.2) is 72.8 Å². The summed E-state index contributed by atoms with van der Waals surface area (Å²) in [7, 11) is -1.93. The Bertz CT molecular complexity index is 973. The molecule has 0 heterocycles. The summed E-state index contributed by atoms with van der Waals surface area (Å²) in [4.78, 5) is 0. The van der Waals surface area contributed by atoms with Gasteiger partial charge in [-0.1, -0.05) is 93.6 Å². The molecule has 0 amide bonds. The molecule has 4 heteroatoms. The lowest BCUT2D eigenvalue weighted by Gasteiger charge is -2.37. The van der Waals surface area contributed by atoms with Gasteiger partial charge in [-0.25, -0.2) is 0 Å². The highest BCUT2D eigenvalue weighted by molar-refractivity contribution is 6.74. The van der Waals surface area contributed by atoms with Gasteiger partial charge in [0.05, 0.1) is 25.9 Å². The third kappa shape index (κ3) is 6.52. The van der Waals surface area contributed by atoms with Gasteiger partial charge in [0, 0.05) is 5.92 Å². The molecule has 0 saturated carbocycles. The van der Waals surface area contributed by atoms with Gasteiger partial charge in [0.15, 0.2) is 8.32 Å². The van der Waals surface area contributed by atoms with Gasteiger partial charge in [-0.3, -0.25) is 0 Å². The molecule has 0 bridgehead atoms. The lowest BCUT2D eigenvalue weighted by Crippen LogP contribution is -2.44. The quantitative estimate of drug-likeness (QED) is 0.354. The number of rotatable bonds is 10. The molecule has 0 spiro atoms. The first-order valence-corrected chi connectivity index (χ1v) is 14.5. The maximum Gasteiger partial charge on any atom is 0.192 e. The number of aliphatic hydroxyl groups is 1. The SMILES string of the molecule is CC(C)(C)[Si](C)(C)OC[C@H](O)[C@@H](COCc1ccccc1)Cc1cccc2ccccc12. The van der Waals surface area contributed by atoms with Crippen molar-refractivity contribution in [2.75, 3.05) is 13.2 Å². The summed E-state index contributed by atoms with van der Waals surface area (Å²) in [5.41, 5.74) is 2.38. The van der Waals surface area contributed by atoms with Crippen LogP contribution in [0.3, 0.4) is 0 Å². The minimum Gasteiger partial charge on any atom is -0.414 e. The third-order valence-electron chi connectivity index (χ3n) is 6.77. The Balaban J connectivity index is 1.73. The van der Waals surface area contributed by atoms with E-state index in [0.29, 0.717) is 19.8 Å². The molecule has 32 heavy (non-hydrogen) atoms. The summed E-state index contributed by atoms with van der Waals surface area (Å²) in [6, 6.07) is 25.0. The van der Waals surface area contributed by atoms with Crippen LogP contribution in [0.2, 0.25) is 18.1 Å². The van der Waals surface area contributed by atoms with Crippen molar-refractivity contribution in [1.82, 2.24) is 0 Å². The summed E-state index contributed by atoms with van der Waals surface area (Å²) >= 11 is 0. The van der Waals surface area contributed by atoms with E-state index in [-0.39, 0.29) is 11.0 Å². The van der Waals surface area contributed by atoms with E-state index in [1.54, 1.807) is 0 Å². The summed E-state index contributed by atoms with van der Waals surface area (Å²) in [5.74, 6) is -0.0470. The average molecular weight is 451 g/mol. The first kappa shape index (κ1) is 24.7. The van der Waals surface area contributed by atoms with Gasteiger partial charge in [-0.2, -0.15) is 0 Å². The number of ether oxygens (including phenoxy) is 1. The molecule has 2 atom stereocenters. The Morgan fingerprint density at radius 3 is 2.22 bits per heavy atom. The van der Waals surface area contributed by atoms with Crippen LogP contribution in [0.25, 0.3) is 10.8 Å². The van der Waals surface area contributed by atoms with E-state index in [4.69, 9.17) is 9.16 Å². The molecular formula is C28H38O3Si. The van der Waals surface area contributed by atoms with Crippen molar-refractivity contribution < 1.29 is 14.3 Å². The van der Waals surface area contributed by atoms with E-state index in [2.05, 4.69) is 88.5 Å². The number of fused-ring (bicyclic) bond motifs is 1. The smallest absolute Gasteiger partial charge is 0.192 e. The molecule has 0 fully saturated rings.